The van der Waals surface area contributed by atoms with Crippen LogP contribution in [0.3, 0.4) is 0 Å². The fourth-order valence-corrected chi connectivity index (χ4v) is 3.80. The smallest absolute Gasteiger partial charge is 0.272 e. The molecule has 82 valence electrons. The molecule has 0 bridgehead atoms. The molecule has 2 atom stereocenters. The molecule has 2 saturated heterocycles. The number of rotatable bonds is 3. The summed E-state index contributed by atoms with van der Waals surface area (Å²) < 4.78 is 26.0. The molecule has 2 nitrogen and oxygen atoms in total. The van der Waals surface area contributed by atoms with Crippen molar-refractivity contribution in [2.45, 2.75) is 5.92 Å². The van der Waals surface area contributed by atoms with Gasteiger partial charge in [0.15, 0.2) is 0 Å². The molecule has 14 heavy (non-hydrogen) atoms. The van der Waals surface area contributed by atoms with Crippen LogP contribution >= 0.6 is 11.8 Å². The van der Waals surface area contributed by atoms with Crippen LogP contribution in [0.2, 0.25) is 0 Å². The molecule has 0 aromatic carbocycles. The van der Waals surface area contributed by atoms with Crippen LogP contribution in [0.4, 0.5) is 8.78 Å². The summed E-state index contributed by atoms with van der Waals surface area (Å²) in [7, 11) is 0. The number of likely N-dealkylation sites (tertiary alicyclic amines) is 1. The fraction of sp³-hybridized carbons (Fsp3) is 1.00. The van der Waals surface area contributed by atoms with Crippen LogP contribution in [0, 0.1) is 11.8 Å². The van der Waals surface area contributed by atoms with E-state index in [-0.39, 0.29) is 6.54 Å². The number of alkyl halides is 2. The van der Waals surface area contributed by atoms with Crippen molar-refractivity contribution in [2.75, 3.05) is 37.7 Å². The maximum Gasteiger partial charge on any atom is 0.272 e. The molecule has 0 unspecified atom stereocenters. The van der Waals surface area contributed by atoms with Crippen molar-refractivity contribution in [3.8, 4) is 0 Å². The number of halogens is 2. The summed E-state index contributed by atoms with van der Waals surface area (Å²) in [6.07, 6.45) is 0. The van der Waals surface area contributed by atoms with Gasteiger partial charge in [-0.05, 0) is 23.3 Å². The average Bonchev–Trinajstić information content (AvgIpc) is 2.63. The molecule has 2 rings (SSSR count). The van der Waals surface area contributed by atoms with Crippen LogP contribution in [0.5, 0.6) is 0 Å². The summed E-state index contributed by atoms with van der Waals surface area (Å²) in [5.41, 5.74) is 5.02. The minimum atomic E-state index is -2.70. The van der Waals surface area contributed by atoms with Crippen LogP contribution in [0.1, 0.15) is 0 Å². The highest BCUT2D eigenvalue weighted by Crippen LogP contribution is 2.36. The van der Waals surface area contributed by atoms with Gasteiger partial charge in [0.2, 0.25) is 0 Å². The van der Waals surface area contributed by atoms with E-state index < -0.39 is 12.5 Å². The van der Waals surface area contributed by atoms with Crippen molar-refractivity contribution < 1.29 is 8.78 Å². The number of thioether (sulfide) groups is 1. The first kappa shape index (κ1) is 10.6. The zero-order valence-electron chi connectivity index (χ0n) is 8.09. The lowest BCUT2D eigenvalue weighted by Gasteiger charge is -2.22. The van der Waals surface area contributed by atoms with Gasteiger partial charge in [-0.3, -0.25) is 4.90 Å². The molecular weight excluding hydrogens is 206 g/mol. The molecule has 2 aliphatic rings. The first-order valence-electron chi connectivity index (χ1n) is 4.99. The van der Waals surface area contributed by atoms with Crippen LogP contribution in [-0.2, 0) is 0 Å². The van der Waals surface area contributed by atoms with E-state index in [2.05, 4.69) is 0 Å². The Morgan fingerprint density at radius 3 is 2.36 bits per heavy atom. The van der Waals surface area contributed by atoms with Gasteiger partial charge in [0.1, 0.15) is 0 Å². The highest BCUT2D eigenvalue weighted by Gasteiger charge is 2.40. The van der Waals surface area contributed by atoms with Gasteiger partial charge in [-0.25, -0.2) is 8.78 Å². The largest absolute Gasteiger partial charge is 0.325 e. The third-order valence-electron chi connectivity index (χ3n) is 3.07. The van der Waals surface area contributed by atoms with Gasteiger partial charge in [0, 0.05) is 13.1 Å². The Hall–Kier alpha value is 0.130. The maximum atomic E-state index is 13.0. The molecule has 0 aromatic rings. The number of hydrogen-bond donors (Lipinski definition) is 1. The third-order valence-corrected chi connectivity index (χ3v) is 4.40. The fourth-order valence-electron chi connectivity index (χ4n) is 2.31. The Kier molecular flexibility index (Phi) is 3.00. The van der Waals surface area contributed by atoms with Gasteiger partial charge in [0.05, 0.1) is 13.1 Å². The van der Waals surface area contributed by atoms with Gasteiger partial charge in [-0.2, -0.15) is 11.8 Å². The Morgan fingerprint density at radius 2 is 1.86 bits per heavy atom. The quantitative estimate of drug-likeness (QED) is 0.768. The van der Waals surface area contributed by atoms with E-state index in [1.54, 1.807) is 0 Å². The SMILES string of the molecule is NCC(F)(F)CN1C[C@H]2CSC[C@H]2C1. The van der Waals surface area contributed by atoms with E-state index in [1.165, 1.54) is 0 Å². The van der Waals surface area contributed by atoms with Crippen LogP contribution < -0.4 is 5.73 Å². The standard InChI is InChI=1S/C9H16F2N2S/c10-9(11,5-12)6-13-1-7-3-14-4-8(7)2-13/h7-8H,1-6,12H2/t7-,8+. The summed E-state index contributed by atoms with van der Waals surface area (Å²) in [5.74, 6) is 0.887. The van der Waals surface area contributed by atoms with E-state index >= 15 is 0 Å². The molecule has 0 radical (unpaired) electrons. The Bertz CT molecular complexity index is 201. The van der Waals surface area contributed by atoms with Crippen molar-refractivity contribution >= 4 is 11.8 Å². The molecule has 2 fully saturated rings. The van der Waals surface area contributed by atoms with E-state index in [4.69, 9.17) is 5.73 Å². The molecule has 0 amide bonds. The monoisotopic (exact) mass is 222 g/mol. The number of nitrogens with zero attached hydrogens (tertiary/aromatic N) is 1. The molecule has 2 aliphatic heterocycles. The molecule has 2 N–H and O–H groups in total. The minimum absolute atomic E-state index is 0.152. The van der Waals surface area contributed by atoms with Gasteiger partial charge in [-0.15, -0.1) is 0 Å². The summed E-state index contributed by atoms with van der Waals surface area (Å²) in [6, 6.07) is 0. The lowest BCUT2D eigenvalue weighted by Crippen LogP contribution is -2.41. The van der Waals surface area contributed by atoms with E-state index in [9.17, 15) is 8.78 Å². The summed E-state index contributed by atoms with van der Waals surface area (Å²) in [4.78, 5) is 1.88. The molecule has 0 spiro atoms. The lowest BCUT2D eigenvalue weighted by molar-refractivity contribution is -0.0191. The minimum Gasteiger partial charge on any atom is -0.325 e. The van der Waals surface area contributed by atoms with Crippen molar-refractivity contribution in [2.24, 2.45) is 17.6 Å². The molecule has 0 aromatic heterocycles. The highest BCUT2D eigenvalue weighted by molar-refractivity contribution is 7.99. The first-order chi connectivity index (χ1) is 6.61. The van der Waals surface area contributed by atoms with Crippen LogP contribution in [0.25, 0.3) is 0 Å². The van der Waals surface area contributed by atoms with E-state index in [0.717, 1.165) is 24.6 Å². The number of fused-ring (bicyclic) bond motifs is 1. The van der Waals surface area contributed by atoms with Crippen LogP contribution in [-0.4, -0.2) is 48.5 Å². The molecule has 0 saturated carbocycles. The second kappa shape index (κ2) is 3.94. The highest BCUT2D eigenvalue weighted by atomic mass is 32.2. The maximum absolute atomic E-state index is 13.0. The normalized spacial score (nSPS) is 33.6. The predicted molar refractivity (Wildman–Crippen MR) is 54.7 cm³/mol. The van der Waals surface area contributed by atoms with Gasteiger partial charge < -0.3 is 5.73 Å². The topological polar surface area (TPSA) is 29.3 Å². The first-order valence-corrected chi connectivity index (χ1v) is 6.14. The number of nitrogens with two attached hydrogens (primary N) is 1. The predicted octanol–water partition coefficient (Wildman–Crippen LogP) is 0.875. The van der Waals surface area contributed by atoms with Crippen molar-refractivity contribution in [1.82, 2.24) is 4.90 Å². The average molecular weight is 222 g/mol. The summed E-state index contributed by atoms with van der Waals surface area (Å²) >= 11 is 1.95. The molecular formula is C9H16F2N2S. The lowest BCUT2D eigenvalue weighted by atomic mass is 10.0. The molecule has 5 heteroatoms. The summed E-state index contributed by atoms with van der Waals surface area (Å²) in [5, 5.41) is 0. The Labute approximate surface area is 87.2 Å². The number of hydrogen-bond acceptors (Lipinski definition) is 3. The second-order valence-electron chi connectivity index (χ2n) is 4.31. The van der Waals surface area contributed by atoms with Crippen molar-refractivity contribution in [3.05, 3.63) is 0 Å². The summed E-state index contributed by atoms with van der Waals surface area (Å²) in [6.45, 7) is 0.995. The van der Waals surface area contributed by atoms with Crippen molar-refractivity contribution in [1.29, 1.82) is 0 Å². The van der Waals surface area contributed by atoms with E-state index in [0.29, 0.717) is 11.8 Å². The van der Waals surface area contributed by atoms with Crippen LogP contribution in [0.15, 0.2) is 0 Å². The zero-order valence-corrected chi connectivity index (χ0v) is 8.90. The van der Waals surface area contributed by atoms with E-state index in [1.807, 2.05) is 16.7 Å². The van der Waals surface area contributed by atoms with Gasteiger partial charge >= 0.3 is 0 Å². The Morgan fingerprint density at radius 1 is 1.29 bits per heavy atom. The third kappa shape index (κ3) is 2.20. The Balaban J connectivity index is 1.84. The second-order valence-corrected chi connectivity index (χ2v) is 5.39. The zero-order chi connectivity index (χ0) is 10.2. The van der Waals surface area contributed by atoms with Crippen molar-refractivity contribution in [3.63, 3.8) is 0 Å². The molecule has 0 aliphatic carbocycles. The molecule has 2 heterocycles. The van der Waals surface area contributed by atoms with Gasteiger partial charge in [0.25, 0.3) is 5.92 Å². The van der Waals surface area contributed by atoms with Gasteiger partial charge in [-0.1, -0.05) is 0 Å².